The van der Waals surface area contributed by atoms with Crippen molar-refractivity contribution in [3.05, 3.63) is 34.9 Å². The normalized spacial score (nSPS) is 17.4. The van der Waals surface area contributed by atoms with E-state index in [1.54, 1.807) is 0 Å². The molecule has 1 aliphatic carbocycles. The smallest absolute Gasteiger partial charge is 0.0692 e. The minimum atomic E-state index is -0.148. The molecule has 0 heterocycles. The van der Waals surface area contributed by atoms with Crippen LogP contribution in [0.2, 0.25) is 0 Å². The van der Waals surface area contributed by atoms with E-state index in [0.717, 1.165) is 13.1 Å². The molecule has 2 rings (SSSR count). The second kappa shape index (κ2) is 4.98. The molecule has 1 aliphatic rings. The molecule has 1 fully saturated rings. The number of aliphatic hydroxyl groups is 1. The number of nitrogens with one attached hydrogen (secondary N) is 1. The lowest BCUT2D eigenvalue weighted by molar-refractivity contribution is 0.148. The highest BCUT2D eigenvalue weighted by atomic mass is 16.3. The van der Waals surface area contributed by atoms with Crippen molar-refractivity contribution in [3.63, 3.8) is 0 Å². The van der Waals surface area contributed by atoms with Crippen LogP contribution in [0.15, 0.2) is 18.2 Å². The number of rotatable bonds is 5. The first-order valence-corrected chi connectivity index (χ1v) is 6.11. The fourth-order valence-corrected chi connectivity index (χ4v) is 1.99. The summed E-state index contributed by atoms with van der Waals surface area (Å²) in [5.41, 5.74) is 3.95. The average molecular weight is 219 g/mol. The minimum absolute atomic E-state index is 0.148. The number of aliphatic hydroxyl groups excluding tert-OH is 1. The molecule has 0 bridgehead atoms. The average Bonchev–Trinajstić information content (AvgIpc) is 3.06. The lowest BCUT2D eigenvalue weighted by Gasteiger charge is -2.12. The number of aryl methyl sites for hydroxylation is 2. The van der Waals surface area contributed by atoms with E-state index in [4.69, 9.17) is 0 Å². The standard InChI is InChI=1S/C14H21NO/c1-10-3-4-11(2)13(7-10)8-15-9-14(16)12-5-6-12/h3-4,7,12,14-16H,5-6,8-9H2,1-2H3. The highest BCUT2D eigenvalue weighted by Crippen LogP contribution is 2.32. The Labute approximate surface area is 97.7 Å². The van der Waals surface area contributed by atoms with Gasteiger partial charge in [-0.3, -0.25) is 0 Å². The van der Waals surface area contributed by atoms with E-state index in [-0.39, 0.29) is 6.10 Å². The maximum atomic E-state index is 9.73. The van der Waals surface area contributed by atoms with Crippen molar-refractivity contribution in [1.82, 2.24) is 5.32 Å². The number of hydrogen-bond acceptors (Lipinski definition) is 2. The Balaban J connectivity index is 1.81. The lowest BCUT2D eigenvalue weighted by Crippen LogP contribution is -2.28. The van der Waals surface area contributed by atoms with Crippen LogP contribution in [0, 0.1) is 19.8 Å². The van der Waals surface area contributed by atoms with Gasteiger partial charge in [0.15, 0.2) is 0 Å². The van der Waals surface area contributed by atoms with E-state index in [0.29, 0.717) is 5.92 Å². The van der Waals surface area contributed by atoms with E-state index in [2.05, 4.69) is 37.4 Å². The summed E-state index contributed by atoms with van der Waals surface area (Å²) in [4.78, 5) is 0. The Morgan fingerprint density at radius 2 is 2.12 bits per heavy atom. The SMILES string of the molecule is Cc1ccc(C)c(CNCC(O)C2CC2)c1. The fraction of sp³-hybridized carbons (Fsp3) is 0.571. The van der Waals surface area contributed by atoms with Crippen LogP contribution in [0.5, 0.6) is 0 Å². The zero-order valence-corrected chi connectivity index (χ0v) is 10.2. The first-order valence-electron chi connectivity index (χ1n) is 6.11. The molecule has 0 aliphatic heterocycles. The fourth-order valence-electron chi connectivity index (χ4n) is 1.99. The van der Waals surface area contributed by atoms with E-state index < -0.39 is 0 Å². The molecule has 1 aromatic rings. The molecular weight excluding hydrogens is 198 g/mol. The summed E-state index contributed by atoms with van der Waals surface area (Å²) in [6.45, 7) is 5.82. The van der Waals surface area contributed by atoms with Gasteiger partial charge in [0.05, 0.1) is 6.10 Å². The molecule has 0 radical (unpaired) electrons. The zero-order chi connectivity index (χ0) is 11.5. The number of hydrogen-bond donors (Lipinski definition) is 2. The highest BCUT2D eigenvalue weighted by Gasteiger charge is 2.28. The van der Waals surface area contributed by atoms with Crippen LogP contribution in [0.3, 0.4) is 0 Å². The van der Waals surface area contributed by atoms with Crippen LogP contribution in [0.25, 0.3) is 0 Å². The zero-order valence-electron chi connectivity index (χ0n) is 10.2. The summed E-state index contributed by atoms with van der Waals surface area (Å²) in [6.07, 6.45) is 2.25. The van der Waals surface area contributed by atoms with Crippen molar-refractivity contribution in [2.45, 2.75) is 39.3 Å². The summed E-state index contributed by atoms with van der Waals surface area (Å²) in [6, 6.07) is 6.51. The van der Waals surface area contributed by atoms with Gasteiger partial charge in [-0.05, 0) is 43.7 Å². The Kier molecular flexibility index (Phi) is 3.62. The van der Waals surface area contributed by atoms with E-state index in [1.165, 1.54) is 29.5 Å². The van der Waals surface area contributed by atoms with Gasteiger partial charge in [0, 0.05) is 13.1 Å². The molecule has 0 saturated heterocycles. The molecule has 2 heteroatoms. The molecular formula is C14H21NO. The van der Waals surface area contributed by atoms with E-state index >= 15 is 0 Å². The van der Waals surface area contributed by atoms with E-state index in [9.17, 15) is 5.11 Å². The van der Waals surface area contributed by atoms with Gasteiger partial charge in [-0.1, -0.05) is 23.8 Å². The topological polar surface area (TPSA) is 32.3 Å². The third-order valence-corrected chi connectivity index (χ3v) is 3.34. The molecule has 1 saturated carbocycles. The molecule has 2 N–H and O–H groups in total. The summed E-state index contributed by atoms with van der Waals surface area (Å²) < 4.78 is 0. The summed E-state index contributed by atoms with van der Waals surface area (Å²) in [7, 11) is 0. The van der Waals surface area contributed by atoms with Gasteiger partial charge >= 0.3 is 0 Å². The van der Waals surface area contributed by atoms with Crippen LogP contribution in [-0.2, 0) is 6.54 Å². The second-order valence-electron chi connectivity index (χ2n) is 4.97. The third kappa shape index (κ3) is 3.06. The maximum Gasteiger partial charge on any atom is 0.0692 e. The van der Waals surface area contributed by atoms with Gasteiger partial charge in [0.25, 0.3) is 0 Å². The molecule has 16 heavy (non-hydrogen) atoms. The quantitative estimate of drug-likeness (QED) is 0.795. The predicted molar refractivity (Wildman–Crippen MR) is 66.4 cm³/mol. The maximum absolute atomic E-state index is 9.73. The van der Waals surface area contributed by atoms with Crippen LogP contribution < -0.4 is 5.32 Å². The molecule has 0 spiro atoms. The minimum Gasteiger partial charge on any atom is -0.392 e. The van der Waals surface area contributed by atoms with E-state index in [1.807, 2.05) is 0 Å². The first-order chi connectivity index (χ1) is 7.66. The van der Waals surface area contributed by atoms with Gasteiger partial charge in [0.1, 0.15) is 0 Å². The Morgan fingerprint density at radius 3 is 2.81 bits per heavy atom. The van der Waals surface area contributed by atoms with Crippen LogP contribution in [-0.4, -0.2) is 17.8 Å². The second-order valence-corrected chi connectivity index (χ2v) is 4.97. The van der Waals surface area contributed by atoms with Crippen LogP contribution in [0.1, 0.15) is 29.5 Å². The summed E-state index contributed by atoms with van der Waals surface area (Å²) in [5.74, 6) is 0.561. The molecule has 1 aromatic carbocycles. The van der Waals surface area contributed by atoms with Crippen molar-refractivity contribution in [1.29, 1.82) is 0 Å². The van der Waals surface area contributed by atoms with Gasteiger partial charge in [-0.25, -0.2) is 0 Å². The van der Waals surface area contributed by atoms with Gasteiger partial charge < -0.3 is 10.4 Å². The molecule has 2 nitrogen and oxygen atoms in total. The molecule has 0 amide bonds. The van der Waals surface area contributed by atoms with Crippen molar-refractivity contribution in [2.75, 3.05) is 6.54 Å². The molecule has 0 aromatic heterocycles. The van der Waals surface area contributed by atoms with Gasteiger partial charge in [0.2, 0.25) is 0 Å². The molecule has 1 atom stereocenters. The Hall–Kier alpha value is -0.860. The Morgan fingerprint density at radius 1 is 1.38 bits per heavy atom. The van der Waals surface area contributed by atoms with Crippen molar-refractivity contribution in [2.24, 2.45) is 5.92 Å². The van der Waals surface area contributed by atoms with Crippen molar-refractivity contribution in [3.8, 4) is 0 Å². The lowest BCUT2D eigenvalue weighted by atomic mass is 10.1. The molecule has 88 valence electrons. The third-order valence-electron chi connectivity index (χ3n) is 3.34. The number of benzene rings is 1. The van der Waals surface area contributed by atoms with Crippen molar-refractivity contribution < 1.29 is 5.11 Å². The van der Waals surface area contributed by atoms with Crippen molar-refractivity contribution >= 4 is 0 Å². The van der Waals surface area contributed by atoms with Crippen LogP contribution >= 0.6 is 0 Å². The van der Waals surface area contributed by atoms with Gasteiger partial charge in [-0.15, -0.1) is 0 Å². The molecule has 1 unspecified atom stereocenters. The largest absolute Gasteiger partial charge is 0.392 e. The Bertz CT molecular complexity index is 358. The first kappa shape index (κ1) is 11.6. The summed E-state index contributed by atoms with van der Waals surface area (Å²) >= 11 is 0. The van der Waals surface area contributed by atoms with Gasteiger partial charge in [-0.2, -0.15) is 0 Å². The highest BCUT2D eigenvalue weighted by molar-refractivity contribution is 5.30. The summed E-state index contributed by atoms with van der Waals surface area (Å²) in [5, 5.41) is 13.1. The van der Waals surface area contributed by atoms with Crippen LogP contribution in [0.4, 0.5) is 0 Å². The monoisotopic (exact) mass is 219 g/mol. The predicted octanol–water partition coefficient (Wildman–Crippen LogP) is 2.16.